The molecule has 1 unspecified atom stereocenters. The molecule has 0 amide bonds. The monoisotopic (exact) mass is 281 g/mol. The van der Waals surface area contributed by atoms with Gasteiger partial charge in [0.15, 0.2) is 5.17 Å². The fourth-order valence-electron chi connectivity index (χ4n) is 3.65. The summed E-state index contributed by atoms with van der Waals surface area (Å²) in [6, 6.07) is 0. The molecule has 3 nitrogen and oxygen atoms in total. The highest BCUT2D eigenvalue weighted by atomic mass is 32.2. The molecule has 3 fully saturated rings. The van der Waals surface area contributed by atoms with Crippen LogP contribution in [-0.2, 0) is 0 Å². The van der Waals surface area contributed by atoms with Crippen molar-refractivity contribution in [2.45, 2.75) is 51.0 Å². The molecule has 1 aliphatic carbocycles. The van der Waals surface area contributed by atoms with Gasteiger partial charge in [-0.05, 0) is 38.3 Å². The fraction of sp³-hybridized carbons (Fsp3) is 0.933. The molecule has 3 rings (SSSR count). The first kappa shape index (κ1) is 13.7. The van der Waals surface area contributed by atoms with E-state index in [1.54, 1.807) is 0 Å². The van der Waals surface area contributed by atoms with Crippen LogP contribution < -0.4 is 5.32 Å². The molecule has 3 aliphatic rings. The standard InChI is InChI=1S/C15H27N3S/c1-2-18-9-6-13(11-18)10-16-14-17-15(12-19-14)7-4-3-5-8-15/h13H,2-12H2,1H3,(H,16,17). The molecule has 0 aromatic rings. The summed E-state index contributed by atoms with van der Waals surface area (Å²) in [5.41, 5.74) is 0.410. The fourth-order valence-corrected chi connectivity index (χ4v) is 4.88. The molecule has 19 heavy (non-hydrogen) atoms. The van der Waals surface area contributed by atoms with Gasteiger partial charge in [0.2, 0.25) is 0 Å². The molecular formula is C15H27N3S. The van der Waals surface area contributed by atoms with Gasteiger partial charge in [-0.15, -0.1) is 0 Å². The van der Waals surface area contributed by atoms with Crippen molar-refractivity contribution in [3.8, 4) is 0 Å². The Hall–Kier alpha value is -0.220. The van der Waals surface area contributed by atoms with Gasteiger partial charge >= 0.3 is 0 Å². The van der Waals surface area contributed by atoms with Gasteiger partial charge < -0.3 is 10.2 Å². The Morgan fingerprint density at radius 3 is 2.95 bits per heavy atom. The lowest BCUT2D eigenvalue weighted by molar-refractivity contribution is 0.303. The smallest absolute Gasteiger partial charge is 0.157 e. The number of thioether (sulfide) groups is 1. The number of hydrogen-bond donors (Lipinski definition) is 1. The minimum Gasteiger partial charge on any atom is -0.359 e. The summed E-state index contributed by atoms with van der Waals surface area (Å²) in [7, 11) is 0. The minimum atomic E-state index is 0.410. The summed E-state index contributed by atoms with van der Waals surface area (Å²) < 4.78 is 0. The highest BCUT2D eigenvalue weighted by molar-refractivity contribution is 8.14. The molecule has 2 aliphatic heterocycles. The van der Waals surface area contributed by atoms with Gasteiger partial charge in [-0.3, -0.25) is 4.99 Å². The molecule has 2 saturated heterocycles. The van der Waals surface area contributed by atoms with Crippen molar-refractivity contribution < 1.29 is 0 Å². The Bertz CT molecular complexity index is 336. The lowest BCUT2D eigenvalue weighted by Crippen LogP contribution is -2.45. The van der Waals surface area contributed by atoms with Crippen molar-refractivity contribution in [2.75, 3.05) is 31.9 Å². The van der Waals surface area contributed by atoms with Crippen molar-refractivity contribution >= 4 is 16.9 Å². The van der Waals surface area contributed by atoms with E-state index in [0.717, 1.165) is 12.5 Å². The maximum absolute atomic E-state index is 4.87. The first-order valence-corrected chi connectivity index (χ1v) is 8.96. The molecule has 0 aromatic heterocycles. The van der Waals surface area contributed by atoms with Crippen LogP contribution in [0.15, 0.2) is 4.99 Å². The van der Waals surface area contributed by atoms with E-state index in [-0.39, 0.29) is 0 Å². The van der Waals surface area contributed by atoms with Gasteiger partial charge in [0.25, 0.3) is 0 Å². The van der Waals surface area contributed by atoms with E-state index in [0.29, 0.717) is 5.54 Å². The van der Waals surface area contributed by atoms with E-state index >= 15 is 0 Å². The molecule has 4 heteroatoms. The van der Waals surface area contributed by atoms with Crippen molar-refractivity contribution in [3.63, 3.8) is 0 Å². The van der Waals surface area contributed by atoms with Crippen LogP contribution in [-0.4, -0.2) is 47.5 Å². The van der Waals surface area contributed by atoms with Gasteiger partial charge in [-0.1, -0.05) is 37.9 Å². The van der Waals surface area contributed by atoms with Crippen molar-refractivity contribution in [2.24, 2.45) is 10.9 Å². The predicted octanol–water partition coefficient (Wildman–Crippen LogP) is 2.72. The average Bonchev–Trinajstić information content (AvgIpc) is 3.05. The number of rotatable bonds is 3. The molecule has 0 aromatic carbocycles. The molecule has 1 spiro atoms. The Morgan fingerprint density at radius 1 is 1.37 bits per heavy atom. The van der Waals surface area contributed by atoms with E-state index in [1.807, 2.05) is 11.8 Å². The van der Waals surface area contributed by atoms with Gasteiger partial charge in [0, 0.05) is 24.4 Å². The van der Waals surface area contributed by atoms with Crippen LogP contribution in [0.25, 0.3) is 0 Å². The largest absolute Gasteiger partial charge is 0.359 e. The Balaban J connectivity index is 1.49. The topological polar surface area (TPSA) is 27.6 Å². The molecule has 0 radical (unpaired) electrons. The van der Waals surface area contributed by atoms with E-state index in [1.165, 1.54) is 69.1 Å². The Labute approximate surface area is 121 Å². The van der Waals surface area contributed by atoms with E-state index in [4.69, 9.17) is 4.99 Å². The first-order valence-electron chi connectivity index (χ1n) is 7.97. The van der Waals surface area contributed by atoms with Gasteiger partial charge in [-0.25, -0.2) is 0 Å². The first-order chi connectivity index (χ1) is 9.30. The third kappa shape index (κ3) is 3.27. The summed E-state index contributed by atoms with van der Waals surface area (Å²) in [5.74, 6) is 2.04. The molecule has 1 atom stereocenters. The van der Waals surface area contributed by atoms with Crippen LogP contribution in [0.4, 0.5) is 0 Å². The number of hydrogen-bond acceptors (Lipinski definition) is 3. The van der Waals surface area contributed by atoms with Gasteiger partial charge in [0.05, 0.1) is 0 Å². The lowest BCUT2D eigenvalue weighted by atomic mass is 9.83. The zero-order valence-corrected chi connectivity index (χ0v) is 13.0. The molecule has 0 bridgehead atoms. The van der Waals surface area contributed by atoms with E-state index in [2.05, 4.69) is 17.1 Å². The van der Waals surface area contributed by atoms with Crippen LogP contribution in [0, 0.1) is 5.92 Å². The third-order valence-electron chi connectivity index (χ3n) is 4.98. The minimum absolute atomic E-state index is 0.410. The second-order valence-corrected chi connectivity index (χ2v) is 7.41. The quantitative estimate of drug-likeness (QED) is 0.862. The normalized spacial score (nSPS) is 33.1. The van der Waals surface area contributed by atoms with E-state index < -0.39 is 0 Å². The summed E-state index contributed by atoms with van der Waals surface area (Å²) in [4.78, 5) is 7.41. The highest BCUT2D eigenvalue weighted by Crippen LogP contribution is 2.36. The molecule has 1 saturated carbocycles. The number of aliphatic imine (C=N–C) groups is 1. The second-order valence-electron chi connectivity index (χ2n) is 6.45. The predicted molar refractivity (Wildman–Crippen MR) is 83.9 cm³/mol. The van der Waals surface area contributed by atoms with E-state index in [9.17, 15) is 0 Å². The summed E-state index contributed by atoms with van der Waals surface area (Å²) in [5, 5.41) is 4.99. The molecule has 108 valence electrons. The average molecular weight is 281 g/mol. The van der Waals surface area contributed by atoms with Crippen LogP contribution >= 0.6 is 11.8 Å². The molecular weight excluding hydrogens is 254 g/mol. The highest BCUT2D eigenvalue weighted by Gasteiger charge is 2.38. The summed E-state index contributed by atoms with van der Waals surface area (Å²) in [6.45, 7) is 7.01. The molecule has 2 heterocycles. The van der Waals surface area contributed by atoms with Crippen molar-refractivity contribution in [1.29, 1.82) is 0 Å². The van der Waals surface area contributed by atoms with Crippen LogP contribution in [0.3, 0.4) is 0 Å². The van der Waals surface area contributed by atoms with Crippen molar-refractivity contribution in [1.82, 2.24) is 10.2 Å². The summed E-state index contributed by atoms with van der Waals surface area (Å²) in [6.07, 6.45) is 8.26. The Morgan fingerprint density at radius 2 is 2.21 bits per heavy atom. The number of nitrogens with one attached hydrogen (secondary N) is 1. The second kappa shape index (κ2) is 6.04. The van der Waals surface area contributed by atoms with Crippen molar-refractivity contribution in [3.05, 3.63) is 0 Å². The zero-order chi connectivity index (χ0) is 13.1. The third-order valence-corrected chi connectivity index (χ3v) is 6.18. The van der Waals surface area contributed by atoms with Gasteiger partial charge in [-0.2, -0.15) is 0 Å². The Kier molecular flexibility index (Phi) is 4.37. The lowest BCUT2D eigenvalue weighted by Gasteiger charge is -2.32. The van der Waals surface area contributed by atoms with Gasteiger partial charge in [0.1, 0.15) is 0 Å². The SMILES string of the molecule is CCN1CCC(CN=C2NC3(CCCCC3)CS2)C1. The maximum atomic E-state index is 4.87. The van der Waals surface area contributed by atoms with Crippen LogP contribution in [0.1, 0.15) is 45.4 Å². The number of likely N-dealkylation sites (tertiary alicyclic amines) is 1. The van der Waals surface area contributed by atoms with Crippen LogP contribution in [0.5, 0.6) is 0 Å². The number of nitrogens with zero attached hydrogens (tertiary/aromatic N) is 2. The zero-order valence-electron chi connectivity index (χ0n) is 12.2. The van der Waals surface area contributed by atoms with Crippen LogP contribution in [0.2, 0.25) is 0 Å². The molecule has 1 N–H and O–H groups in total. The summed E-state index contributed by atoms with van der Waals surface area (Å²) >= 11 is 1.96. The maximum Gasteiger partial charge on any atom is 0.157 e. The number of amidine groups is 1.